The summed E-state index contributed by atoms with van der Waals surface area (Å²) in [6.45, 7) is 4.37. The fourth-order valence-electron chi connectivity index (χ4n) is 2.03. The standard InChI is InChI=1S/C17H18O3/c1-2-3-4-5-10-20-16-9-8-13-11-15(17(18)19)7-6-14(13)12-16/h2,6-9,11-12H,1,3-5,10H2,(H,18,19). The van der Waals surface area contributed by atoms with E-state index in [1.165, 1.54) is 0 Å². The fraction of sp³-hybridized carbons (Fsp3) is 0.235. The van der Waals surface area contributed by atoms with Crippen LogP contribution in [0.25, 0.3) is 10.8 Å². The first kappa shape index (κ1) is 14.1. The molecule has 2 aromatic carbocycles. The van der Waals surface area contributed by atoms with Gasteiger partial charge in [0, 0.05) is 0 Å². The van der Waals surface area contributed by atoms with E-state index in [0.29, 0.717) is 12.2 Å². The van der Waals surface area contributed by atoms with E-state index in [-0.39, 0.29) is 0 Å². The third-order valence-corrected chi connectivity index (χ3v) is 3.13. The molecule has 0 unspecified atom stereocenters. The lowest BCUT2D eigenvalue weighted by Gasteiger charge is -2.07. The summed E-state index contributed by atoms with van der Waals surface area (Å²) in [5, 5.41) is 10.8. The summed E-state index contributed by atoms with van der Waals surface area (Å²) in [5.41, 5.74) is 0.301. The van der Waals surface area contributed by atoms with E-state index >= 15 is 0 Å². The van der Waals surface area contributed by atoms with Crippen LogP contribution in [-0.2, 0) is 0 Å². The lowest BCUT2D eigenvalue weighted by molar-refractivity contribution is 0.0697. The third-order valence-electron chi connectivity index (χ3n) is 3.13. The van der Waals surface area contributed by atoms with Gasteiger partial charge in [-0.25, -0.2) is 4.79 Å². The quantitative estimate of drug-likeness (QED) is 0.603. The maximum atomic E-state index is 10.9. The minimum absolute atomic E-state index is 0.301. The van der Waals surface area contributed by atoms with Gasteiger partial charge in [0.1, 0.15) is 5.75 Å². The van der Waals surface area contributed by atoms with Gasteiger partial charge < -0.3 is 9.84 Å². The average Bonchev–Trinajstić information content (AvgIpc) is 2.46. The van der Waals surface area contributed by atoms with Gasteiger partial charge in [-0.1, -0.05) is 18.2 Å². The molecule has 0 aromatic heterocycles. The molecule has 104 valence electrons. The van der Waals surface area contributed by atoms with Crippen molar-refractivity contribution < 1.29 is 14.6 Å². The Morgan fingerprint density at radius 1 is 1.15 bits per heavy atom. The van der Waals surface area contributed by atoms with Gasteiger partial charge in [0.15, 0.2) is 0 Å². The van der Waals surface area contributed by atoms with Crippen molar-refractivity contribution in [3.63, 3.8) is 0 Å². The number of carboxylic acids is 1. The predicted molar refractivity (Wildman–Crippen MR) is 80.5 cm³/mol. The largest absolute Gasteiger partial charge is 0.494 e. The van der Waals surface area contributed by atoms with E-state index in [4.69, 9.17) is 9.84 Å². The monoisotopic (exact) mass is 270 g/mol. The van der Waals surface area contributed by atoms with E-state index in [1.807, 2.05) is 30.3 Å². The van der Waals surface area contributed by atoms with E-state index in [0.717, 1.165) is 35.8 Å². The van der Waals surface area contributed by atoms with E-state index < -0.39 is 5.97 Å². The molecule has 0 radical (unpaired) electrons. The molecule has 2 aromatic rings. The normalized spacial score (nSPS) is 10.4. The number of carbonyl (C=O) groups is 1. The highest BCUT2D eigenvalue weighted by atomic mass is 16.5. The van der Waals surface area contributed by atoms with Crippen LogP contribution in [0.1, 0.15) is 29.6 Å². The van der Waals surface area contributed by atoms with Crippen molar-refractivity contribution in [2.75, 3.05) is 6.61 Å². The number of hydrogen-bond donors (Lipinski definition) is 1. The van der Waals surface area contributed by atoms with Crippen molar-refractivity contribution in [3.05, 3.63) is 54.6 Å². The smallest absolute Gasteiger partial charge is 0.335 e. The maximum absolute atomic E-state index is 10.9. The molecule has 3 nitrogen and oxygen atoms in total. The Morgan fingerprint density at radius 3 is 2.65 bits per heavy atom. The van der Waals surface area contributed by atoms with Crippen molar-refractivity contribution in [1.29, 1.82) is 0 Å². The van der Waals surface area contributed by atoms with Crippen molar-refractivity contribution in [1.82, 2.24) is 0 Å². The molecule has 0 aliphatic rings. The number of fused-ring (bicyclic) bond motifs is 1. The van der Waals surface area contributed by atoms with Gasteiger partial charge in [-0.15, -0.1) is 6.58 Å². The number of carboxylic acid groups (broad SMARTS) is 1. The molecule has 20 heavy (non-hydrogen) atoms. The van der Waals surface area contributed by atoms with Crippen molar-refractivity contribution >= 4 is 16.7 Å². The number of hydrogen-bond acceptors (Lipinski definition) is 2. The van der Waals surface area contributed by atoms with Crippen LogP contribution in [0.15, 0.2) is 49.1 Å². The second-order valence-electron chi connectivity index (χ2n) is 4.66. The SMILES string of the molecule is C=CCCCCOc1ccc2cc(C(=O)O)ccc2c1. The molecule has 2 rings (SSSR count). The summed E-state index contributed by atoms with van der Waals surface area (Å²) >= 11 is 0. The molecule has 0 atom stereocenters. The molecule has 0 bridgehead atoms. The molecule has 0 aliphatic heterocycles. The molecule has 0 spiro atoms. The second kappa shape index (κ2) is 6.75. The summed E-state index contributed by atoms with van der Waals surface area (Å²) in [7, 11) is 0. The summed E-state index contributed by atoms with van der Waals surface area (Å²) in [6.07, 6.45) is 5.01. The minimum atomic E-state index is -0.908. The first-order valence-corrected chi connectivity index (χ1v) is 6.71. The van der Waals surface area contributed by atoms with E-state index in [2.05, 4.69) is 6.58 Å². The van der Waals surface area contributed by atoms with Crippen LogP contribution < -0.4 is 4.74 Å². The predicted octanol–water partition coefficient (Wildman–Crippen LogP) is 4.27. The Morgan fingerprint density at radius 2 is 1.90 bits per heavy atom. The fourth-order valence-corrected chi connectivity index (χ4v) is 2.03. The Kier molecular flexibility index (Phi) is 4.77. The Bertz CT molecular complexity index is 617. The lowest BCUT2D eigenvalue weighted by Crippen LogP contribution is -1.97. The van der Waals surface area contributed by atoms with Crippen LogP contribution in [0.2, 0.25) is 0 Å². The lowest BCUT2D eigenvalue weighted by atomic mass is 10.1. The van der Waals surface area contributed by atoms with Crippen LogP contribution in [-0.4, -0.2) is 17.7 Å². The third kappa shape index (κ3) is 3.60. The minimum Gasteiger partial charge on any atom is -0.494 e. The molecule has 1 N–H and O–H groups in total. The topological polar surface area (TPSA) is 46.5 Å². The highest BCUT2D eigenvalue weighted by Crippen LogP contribution is 2.22. The number of unbranched alkanes of at least 4 members (excludes halogenated alkanes) is 2. The first-order chi connectivity index (χ1) is 9.70. The highest BCUT2D eigenvalue weighted by molar-refractivity contribution is 5.94. The molecule has 3 heteroatoms. The van der Waals surface area contributed by atoms with Gasteiger partial charge in [0.05, 0.1) is 12.2 Å². The van der Waals surface area contributed by atoms with Gasteiger partial charge in [0.2, 0.25) is 0 Å². The van der Waals surface area contributed by atoms with Crippen LogP contribution in [0.4, 0.5) is 0 Å². The molecule has 0 aliphatic carbocycles. The number of rotatable bonds is 7. The number of benzene rings is 2. The van der Waals surface area contributed by atoms with Crippen LogP contribution in [0.5, 0.6) is 5.75 Å². The summed E-state index contributed by atoms with van der Waals surface area (Å²) < 4.78 is 5.69. The Hall–Kier alpha value is -2.29. The Labute approximate surface area is 118 Å². The summed E-state index contributed by atoms with van der Waals surface area (Å²) in [4.78, 5) is 10.9. The second-order valence-corrected chi connectivity index (χ2v) is 4.66. The molecule has 0 saturated heterocycles. The molecular weight excluding hydrogens is 252 g/mol. The zero-order valence-electron chi connectivity index (χ0n) is 11.3. The van der Waals surface area contributed by atoms with Crippen LogP contribution in [0, 0.1) is 0 Å². The molecular formula is C17H18O3. The van der Waals surface area contributed by atoms with Gasteiger partial charge in [0.25, 0.3) is 0 Å². The maximum Gasteiger partial charge on any atom is 0.335 e. The van der Waals surface area contributed by atoms with Gasteiger partial charge in [-0.05, 0) is 54.3 Å². The van der Waals surface area contributed by atoms with Gasteiger partial charge in [-0.2, -0.15) is 0 Å². The van der Waals surface area contributed by atoms with Gasteiger partial charge in [-0.3, -0.25) is 0 Å². The highest BCUT2D eigenvalue weighted by Gasteiger charge is 2.04. The Balaban J connectivity index is 2.04. The summed E-state index contributed by atoms with van der Waals surface area (Å²) in [5.74, 6) is -0.0892. The average molecular weight is 270 g/mol. The first-order valence-electron chi connectivity index (χ1n) is 6.71. The van der Waals surface area contributed by atoms with Crippen LogP contribution in [0.3, 0.4) is 0 Å². The van der Waals surface area contributed by atoms with Crippen molar-refractivity contribution in [3.8, 4) is 5.75 Å². The van der Waals surface area contributed by atoms with Gasteiger partial charge >= 0.3 is 5.97 Å². The van der Waals surface area contributed by atoms with E-state index in [9.17, 15) is 4.79 Å². The summed E-state index contributed by atoms with van der Waals surface area (Å²) in [6, 6.07) is 10.8. The molecule has 0 saturated carbocycles. The zero-order chi connectivity index (χ0) is 14.4. The van der Waals surface area contributed by atoms with Crippen molar-refractivity contribution in [2.45, 2.75) is 19.3 Å². The van der Waals surface area contributed by atoms with Crippen molar-refractivity contribution in [2.24, 2.45) is 0 Å². The van der Waals surface area contributed by atoms with Crippen LogP contribution >= 0.6 is 0 Å². The number of allylic oxidation sites excluding steroid dienone is 1. The number of ether oxygens (including phenoxy) is 1. The molecule has 0 fully saturated rings. The molecule has 0 heterocycles. The molecule has 0 amide bonds. The number of aromatic carboxylic acids is 1. The zero-order valence-corrected chi connectivity index (χ0v) is 11.3. The van der Waals surface area contributed by atoms with E-state index in [1.54, 1.807) is 12.1 Å².